The fourth-order valence-corrected chi connectivity index (χ4v) is 4.26. The number of anilines is 2. The fourth-order valence-electron chi connectivity index (χ4n) is 3.93. The van der Waals surface area contributed by atoms with Crippen LogP contribution in [0.15, 0.2) is 97.1 Å². The zero-order valence-corrected chi connectivity index (χ0v) is 23.1. The van der Waals surface area contributed by atoms with Crippen LogP contribution in [0.2, 0.25) is 0 Å². The van der Waals surface area contributed by atoms with Crippen molar-refractivity contribution in [3.8, 4) is 11.1 Å². The molecule has 0 unspecified atom stereocenters. The Morgan fingerprint density at radius 2 is 1.13 bits per heavy atom. The van der Waals surface area contributed by atoms with Gasteiger partial charge in [-0.1, -0.05) is 72.8 Å². The third-order valence-corrected chi connectivity index (χ3v) is 6.53. The molecule has 38 heavy (non-hydrogen) atoms. The molecule has 0 amide bonds. The van der Waals surface area contributed by atoms with E-state index in [0.717, 1.165) is 44.8 Å². The van der Waals surface area contributed by atoms with Crippen LogP contribution in [-0.2, 0) is 13.1 Å². The maximum absolute atomic E-state index is 6.02. The van der Waals surface area contributed by atoms with Gasteiger partial charge in [0.05, 0.1) is 5.69 Å². The molecule has 194 valence electrons. The molecule has 4 aromatic carbocycles. The fraction of sp³-hybridized carbons (Fsp3) is 0.133. The van der Waals surface area contributed by atoms with Gasteiger partial charge in [0.15, 0.2) is 10.2 Å². The molecule has 0 saturated heterocycles. The van der Waals surface area contributed by atoms with Gasteiger partial charge in [0.2, 0.25) is 0 Å². The lowest BCUT2D eigenvalue weighted by atomic mass is 10.00. The average molecular weight is 541 g/mol. The molecule has 0 atom stereocenters. The van der Waals surface area contributed by atoms with Crippen LogP contribution < -0.4 is 32.3 Å². The Bertz CT molecular complexity index is 1340. The molecule has 0 fully saturated rings. The van der Waals surface area contributed by atoms with Crippen LogP contribution in [0.5, 0.6) is 0 Å². The molecule has 0 radical (unpaired) electrons. The molecular weight excluding hydrogens is 509 g/mol. The van der Waals surface area contributed by atoms with E-state index in [0.29, 0.717) is 23.3 Å². The van der Waals surface area contributed by atoms with Crippen molar-refractivity contribution in [1.82, 2.24) is 21.5 Å². The molecule has 8 heteroatoms. The summed E-state index contributed by atoms with van der Waals surface area (Å²) in [5.74, 6) is 0. The number of hydrogen-bond donors (Lipinski definition) is 5. The van der Waals surface area contributed by atoms with Gasteiger partial charge in [-0.15, -0.1) is 0 Å². The number of hydrogen-bond acceptors (Lipinski definition) is 4. The van der Waals surface area contributed by atoms with Gasteiger partial charge < -0.3 is 16.4 Å². The molecule has 0 bridgehead atoms. The predicted molar refractivity (Wildman–Crippen MR) is 166 cm³/mol. The van der Waals surface area contributed by atoms with Gasteiger partial charge in [-0.3, -0.25) is 10.9 Å². The van der Waals surface area contributed by atoms with E-state index in [4.69, 9.17) is 30.2 Å². The summed E-state index contributed by atoms with van der Waals surface area (Å²) >= 11 is 11.2. The zero-order valence-electron chi connectivity index (χ0n) is 21.5. The first-order chi connectivity index (χ1) is 18.4. The van der Waals surface area contributed by atoms with Crippen LogP contribution in [0.4, 0.5) is 11.4 Å². The largest absolute Gasteiger partial charge is 0.399 e. The van der Waals surface area contributed by atoms with Crippen molar-refractivity contribution in [2.75, 3.05) is 10.9 Å². The number of nitrogens with two attached hydrogens (primary N) is 1. The number of benzene rings is 4. The van der Waals surface area contributed by atoms with Crippen molar-refractivity contribution < 1.29 is 0 Å². The van der Waals surface area contributed by atoms with Crippen LogP contribution >= 0.6 is 24.4 Å². The second-order valence-electron chi connectivity index (χ2n) is 8.97. The first-order valence-electron chi connectivity index (χ1n) is 12.3. The van der Waals surface area contributed by atoms with Crippen molar-refractivity contribution >= 4 is 46.0 Å². The quantitative estimate of drug-likeness (QED) is 0.114. The number of nitrogens with zero attached hydrogens (tertiary/aromatic N) is 1. The third-order valence-electron chi connectivity index (χ3n) is 6.06. The normalized spacial score (nSPS) is 10.4. The molecule has 6 N–H and O–H groups in total. The Hall–Kier alpha value is -4.14. The Kier molecular flexibility index (Phi) is 9.13. The van der Waals surface area contributed by atoms with Gasteiger partial charge in [-0.2, -0.15) is 5.12 Å². The van der Waals surface area contributed by atoms with Crippen LogP contribution in [0.1, 0.15) is 22.3 Å². The summed E-state index contributed by atoms with van der Waals surface area (Å²) in [6.45, 7) is 5.28. The third kappa shape index (κ3) is 7.44. The Labute approximate surface area is 235 Å². The first-order valence-corrected chi connectivity index (χ1v) is 13.1. The van der Waals surface area contributed by atoms with E-state index >= 15 is 0 Å². The van der Waals surface area contributed by atoms with Crippen molar-refractivity contribution in [2.45, 2.75) is 26.9 Å². The van der Waals surface area contributed by atoms with E-state index < -0.39 is 0 Å². The molecule has 0 spiro atoms. The Morgan fingerprint density at radius 1 is 0.658 bits per heavy atom. The summed E-state index contributed by atoms with van der Waals surface area (Å²) in [6.07, 6.45) is 0. The molecule has 0 aliphatic carbocycles. The number of rotatable bonds is 8. The topological polar surface area (TPSA) is 77.4 Å². The van der Waals surface area contributed by atoms with Gasteiger partial charge in [0, 0.05) is 18.8 Å². The molecule has 0 aliphatic heterocycles. The summed E-state index contributed by atoms with van der Waals surface area (Å²) in [5.41, 5.74) is 20.8. The predicted octanol–water partition coefficient (Wildman–Crippen LogP) is 5.52. The smallest absolute Gasteiger partial charge is 0.187 e. The van der Waals surface area contributed by atoms with E-state index in [1.165, 1.54) is 0 Å². The number of aryl methyl sites for hydroxylation is 2. The van der Waals surface area contributed by atoms with Crippen LogP contribution in [0, 0.1) is 13.8 Å². The minimum atomic E-state index is 0.463. The molecule has 6 nitrogen and oxygen atoms in total. The highest BCUT2D eigenvalue weighted by atomic mass is 32.1. The molecule has 4 rings (SSSR count). The summed E-state index contributed by atoms with van der Waals surface area (Å²) in [6, 6.07) is 32.5. The summed E-state index contributed by atoms with van der Waals surface area (Å²) in [5, 5.41) is 9.19. The highest BCUT2D eigenvalue weighted by Gasteiger charge is 2.14. The lowest BCUT2D eigenvalue weighted by Crippen LogP contribution is -2.58. The SMILES string of the molecule is Cc1cc(-c2ccc(N(NC(=S)NCc3ccccc3)NC(=S)NCc3ccccc3)c(C)c2)ccc1N. The molecule has 0 aromatic heterocycles. The molecule has 0 saturated carbocycles. The number of nitrogens with one attached hydrogen (secondary N) is 4. The number of nitrogen functional groups attached to an aromatic ring is 1. The Balaban J connectivity index is 1.51. The van der Waals surface area contributed by atoms with E-state index in [9.17, 15) is 0 Å². The van der Waals surface area contributed by atoms with Crippen LogP contribution in [0.3, 0.4) is 0 Å². The molecule has 4 aromatic rings. The van der Waals surface area contributed by atoms with E-state index in [1.54, 1.807) is 5.12 Å². The second-order valence-corrected chi connectivity index (χ2v) is 9.78. The van der Waals surface area contributed by atoms with Crippen molar-refractivity contribution in [1.29, 1.82) is 0 Å². The highest BCUT2D eigenvalue weighted by molar-refractivity contribution is 7.80. The summed E-state index contributed by atoms with van der Waals surface area (Å²) in [7, 11) is 0. The highest BCUT2D eigenvalue weighted by Crippen LogP contribution is 2.28. The summed E-state index contributed by atoms with van der Waals surface area (Å²) in [4.78, 5) is 0. The lowest BCUT2D eigenvalue weighted by Gasteiger charge is -2.30. The van der Waals surface area contributed by atoms with Gasteiger partial charge in [0.25, 0.3) is 0 Å². The molecule has 0 aliphatic rings. The molecular formula is C30H32N6S2. The van der Waals surface area contributed by atoms with Crippen molar-refractivity contribution in [3.63, 3.8) is 0 Å². The maximum atomic E-state index is 6.02. The molecule has 0 heterocycles. The van der Waals surface area contributed by atoms with E-state index in [-0.39, 0.29) is 0 Å². The van der Waals surface area contributed by atoms with E-state index in [2.05, 4.69) is 70.9 Å². The number of thiocarbonyl (C=S) groups is 2. The minimum Gasteiger partial charge on any atom is -0.399 e. The van der Waals surface area contributed by atoms with Gasteiger partial charge >= 0.3 is 0 Å². The lowest BCUT2D eigenvalue weighted by molar-refractivity contribution is 0.694. The van der Waals surface area contributed by atoms with Gasteiger partial charge in [-0.05, 0) is 95.9 Å². The van der Waals surface area contributed by atoms with Crippen LogP contribution in [0.25, 0.3) is 11.1 Å². The zero-order chi connectivity index (χ0) is 26.9. The maximum Gasteiger partial charge on any atom is 0.187 e. The number of hydrazine groups is 2. The minimum absolute atomic E-state index is 0.463. The van der Waals surface area contributed by atoms with Crippen molar-refractivity contribution in [2.24, 2.45) is 0 Å². The Morgan fingerprint density at radius 3 is 1.61 bits per heavy atom. The monoisotopic (exact) mass is 540 g/mol. The first kappa shape index (κ1) is 26.9. The standard InChI is InChI=1S/C30H32N6S2/c1-21-17-25(13-15-27(21)31)26-14-16-28(22(2)18-26)36(34-29(37)32-19-23-9-5-3-6-10-23)35-30(38)33-20-24-11-7-4-8-12-24/h3-18H,19-20,31H2,1-2H3,(H2,32,34,37)(H2,33,35,38). The second kappa shape index (κ2) is 12.9. The van der Waals surface area contributed by atoms with Crippen molar-refractivity contribution in [3.05, 3.63) is 119 Å². The van der Waals surface area contributed by atoms with Gasteiger partial charge in [-0.25, -0.2) is 0 Å². The van der Waals surface area contributed by atoms with Gasteiger partial charge in [0.1, 0.15) is 0 Å². The summed E-state index contributed by atoms with van der Waals surface area (Å²) < 4.78 is 0. The average Bonchev–Trinajstić information content (AvgIpc) is 2.93. The van der Waals surface area contributed by atoms with Crippen LogP contribution in [-0.4, -0.2) is 10.2 Å². The van der Waals surface area contributed by atoms with E-state index in [1.807, 2.05) is 61.5 Å².